The molecule has 1 saturated carbocycles. The van der Waals surface area contributed by atoms with Gasteiger partial charge in [-0.2, -0.15) is 0 Å². The van der Waals surface area contributed by atoms with Gasteiger partial charge in [0.25, 0.3) is 0 Å². The van der Waals surface area contributed by atoms with Gasteiger partial charge in [-0.1, -0.05) is 70.7 Å². The number of benzene rings is 2. The van der Waals surface area contributed by atoms with E-state index in [1.807, 2.05) is 48.5 Å². The van der Waals surface area contributed by atoms with Gasteiger partial charge in [0, 0.05) is 26.7 Å². The van der Waals surface area contributed by atoms with Gasteiger partial charge >= 0.3 is 0 Å². The normalized spacial score (nSPS) is 14.8. The van der Waals surface area contributed by atoms with Crippen molar-refractivity contribution in [2.24, 2.45) is 0 Å². The van der Waals surface area contributed by atoms with Crippen molar-refractivity contribution in [1.82, 2.24) is 14.8 Å². The van der Waals surface area contributed by atoms with Crippen LogP contribution in [0.1, 0.15) is 48.5 Å². The maximum absolute atomic E-state index is 12.6. The molecule has 0 spiro atoms. The highest BCUT2D eigenvalue weighted by molar-refractivity contribution is 9.10. The monoisotopic (exact) mass is 489 g/mol. The first-order valence-corrected chi connectivity index (χ1v) is 11.9. The van der Waals surface area contributed by atoms with E-state index in [9.17, 15) is 4.79 Å². The second-order valence-corrected chi connectivity index (χ2v) is 9.49. The molecule has 1 aromatic heterocycles. The van der Waals surface area contributed by atoms with Crippen LogP contribution in [0.3, 0.4) is 0 Å². The number of ketones is 1. The number of carbonyl (C=O) groups excluding carboxylic acids is 1. The zero-order valence-electron chi connectivity index (χ0n) is 15.9. The number of rotatable bonds is 6. The van der Waals surface area contributed by atoms with Gasteiger partial charge < -0.3 is 0 Å². The van der Waals surface area contributed by atoms with Crippen LogP contribution >= 0.6 is 39.3 Å². The van der Waals surface area contributed by atoms with Crippen LogP contribution in [0, 0.1) is 0 Å². The Morgan fingerprint density at radius 2 is 1.72 bits per heavy atom. The summed E-state index contributed by atoms with van der Waals surface area (Å²) in [5.41, 5.74) is 1.71. The molecular weight excluding hydrogens is 470 g/mol. The summed E-state index contributed by atoms with van der Waals surface area (Å²) in [5.74, 6) is 1.29. The maximum Gasteiger partial charge on any atom is 0.192 e. The number of nitrogens with zero attached hydrogens (tertiary/aromatic N) is 3. The number of hydrogen-bond acceptors (Lipinski definition) is 4. The summed E-state index contributed by atoms with van der Waals surface area (Å²) in [7, 11) is 0. The second kappa shape index (κ2) is 9.45. The topological polar surface area (TPSA) is 47.8 Å². The molecule has 150 valence electrons. The van der Waals surface area contributed by atoms with E-state index >= 15 is 0 Å². The molecule has 7 heteroatoms. The summed E-state index contributed by atoms with van der Waals surface area (Å²) < 4.78 is 3.20. The van der Waals surface area contributed by atoms with E-state index in [1.54, 1.807) is 0 Å². The number of hydrogen-bond donors (Lipinski definition) is 0. The molecule has 1 aliphatic carbocycles. The summed E-state index contributed by atoms with van der Waals surface area (Å²) in [4.78, 5) is 12.6. The lowest BCUT2D eigenvalue weighted by Crippen LogP contribution is -2.15. The van der Waals surface area contributed by atoms with Gasteiger partial charge in [0.2, 0.25) is 0 Å². The quantitative estimate of drug-likeness (QED) is 0.280. The molecule has 1 fully saturated rings. The van der Waals surface area contributed by atoms with Crippen LogP contribution < -0.4 is 0 Å². The summed E-state index contributed by atoms with van der Waals surface area (Å²) in [6, 6.07) is 15.6. The Labute approximate surface area is 188 Å². The number of Topliss-reactive ketones (excluding diaryl/α,β-unsaturated/α-hetero) is 1. The summed E-state index contributed by atoms with van der Waals surface area (Å²) in [6.07, 6.45) is 5.94. The molecule has 3 aromatic rings. The van der Waals surface area contributed by atoms with Gasteiger partial charge in [-0.25, -0.2) is 0 Å². The van der Waals surface area contributed by atoms with E-state index in [0.29, 0.717) is 22.4 Å². The highest BCUT2D eigenvalue weighted by Crippen LogP contribution is 2.36. The third kappa shape index (κ3) is 4.93. The predicted octanol–water partition coefficient (Wildman–Crippen LogP) is 6.84. The maximum atomic E-state index is 12.6. The first-order valence-electron chi connectivity index (χ1n) is 9.74. The van der Waals surface area contributed by atoms with Crippen LogP contribution in [0.25, 0.3) is 11.4 Å². The first kappa shape index (κ1) is 20.6. The molecule has 1 heterocycles. The van der Waals surface area contributed by atoms with Gasteiger partial charge in [0.05, 0.1) is 5.75 Å². The highest BCUT2D eigenvalue weighted by Gasteiger charge is 2.24. The lowest BCUT2D eigenvalue weighted by molar-refractivity contribution is 0.102. The van der Waals surface area contributed by atoms with Crippen molar-refractivity contribution in [2.75, 3.05) is 5.75 Å². The van der Waals surface area contributed by atoms with E-state index in [0.717, 1.165) is 33.9 Å². The van der Waals surface area contributed by atoms with Crippen molar-refractivity contribution < 1.29 is 4.79 Å². The van der Waals surface area contributed by atoms with Gasteiger partial charge in [-0.05, 0) is 49.2 Å². The molecule has 29 heavy (non-hydrogen) atoms. The van der Waals surface area contributed by atoms with Crippen LogP contribution in [0.2, 0.25) is 5.02 Å². The Morgan fingerprint density at radius 1 is 1.03 bits per heavy atom. The Kier molecular flexibility index (Phi) is 6.73. The fourth-order valence-electron chi connectivity index (χ4n) is 3.69. The Hall–Kier alpha value is -1.63. The Bertz CT molecular complexity index is 982. The lowest BCUT2D eigenvalue weighted by atomic mass is 9.95. The predicted molar refractivity (Wildman–Crippen MR) is 122 cm³/mol. The van der Waals surface area contributed by atoms with Crippen molar-refractivity contribution in [3.05, 3.63) is 63.6 Å². The highest BCUT2D eigenvalue weighted by atomic mass is 79.9. The molecule has 2 aromatic carbocycles. The molecule has 0 amide bonds. The lowest BCUT2D eigenvalue weighted by Gasteiger charge is -2.25. The van der Waals surface area contributed by atoms with Crippen LogP contribution in [-0.2, 0) is 0 Å². The average molecular weight is 491 g/mol. The minimum atomic E-state index is 0.0914. The molecule has 0 radical (unpaired) electrons. The zero-order valence-corrected chi connectivity index (χ0v) is 19.0. The third-order valence-corrected chi connectivity index (χ3v) is 6.93. The van der Waals surface area contributed by atoms with E-state index in [1.165, 1.54) is 31.0 Å². The fraction of sp³-hybridized carbons (Fsp3) is 0.318. The zero-order chi connectivity index (χ0) is 20.2. The average Bonchev–Trinajstić information content (AvgIpc) is 3.17. The van der Waals surface area contributed by atoms with E-state index in [2.05, 4.69) is 30.7 Å². The van der Waals surface area contributed by atoms with Crippen molar-refractivity contribution in [3.8, 4) is 11.4 Å². The number of aromatic nitrogens is 3. The van der Waals surface area contributed by atoms with Gasteiger partial charge in [-0.15, -0.1) is 10.2 Å². The minimum Gasteiger partial charge on any atom is -0.299 e. The summed E-state index contributed by atoms with van der Waals surface area (Å²) >= 11 is 10.9. The second-order valence-electron chi connectivity index (χ2n) is 7.19. The largest absolute Gasteiger partial charge is 0.299 e. The molecule has 0 N–H and O–H groups in total. The Balaban J connectivity index is 1.59. The molecule has 4 rings (SSSR count). The van der Waals surface area contributed by atoms with Gasteiger partial charge in [0.15, 0.2) is 16.8 Å². The molecule has 0 aliphatic heterocycles. The SMILES string of the molecule is O=C(CSc1nnc(-c2ccc(Cl)cc2)n1C1CCCCC1)c1ccc(Br)cc1. The van der Waals surface area contributed by atoms with Crippen molar-refractivity contribution in [1.29, 1.82) is 0 Å². The third-order valence-electron chi connectivity index (χ3n) is 5.21. The standard InChI is InChI=1S/C22H21BrClN3OS/c23-17-10-6-15(7-11-17)20(28)14-29-22-26-25-21(16-8-12-18(24)13-9-16)27(22)19-4-2-1-3-5-19/h6-13,19H,1-5,14H2. The van der Waals surface area contributed by atoms with Crippen molar-refractivity contribution in [3.63, 3.8) is 0 Å². The van der Waals surface area contributed by atoms with E-state index in [-0.39, 0.29) is 5.78 Å². The molecule has 0 saturated heterocycles. The smallest absolute Gasteiger partial charge is 0.192 e. The number of thioether (sulfide) groups is 1. The van der Waals surface area contributed by atoms with Crippen LogP contribution in [0.15, 0.2) is 58.2 Å². The minimum absolute atomic E-state index is 0.0914. The molecule has 0 atom stereocenters. The summed E-state index contributed by atoms with van der Waals surface area (Å²) in [5, 5.41) is 10.5. The number of halogens is 2. The van der Waals surface area contributed by atoms with Gasteiger partial charge in [0.1, 0.15) is 0 Å². The summed E-state index contributed by atoms with van der Waals surface area (Å²) in [6.45, 7) is 0. The van der Waals surface area contributed by atoms with E-state index < -0.39 is 0 Å². The first-order chi connectivity index (χ1) is 14.1. The van der Waals surface area contributed by atoms with E-state index in [4.69, 9.17) is 11.6 Å². The molecule has 0 unspecified atom stereocenters. The van der Waals surface area contributed by atoms with Crippen molar-refractivity contribution >= 4 is 45.1 Å². The fourth-order valence-corrected chi connectivity index (χ4v) is 4.98. The van der Waals surface area contributed by atoms with Crippen LogP contribution in [0.4, 0.5) is 0 Å². The molecular formula is C22H21BrClN3OS. The van der Waals surface area contributed by atoms with Crippen molar-refractivity contribution in [2.45, 2.75) is 43.3 Å². The van der Waals surface area contributed by atoms with Crippen LogP contribution in [-0.4, -0.2) is 26.3 Å². The van der Waals surface area contributed by atoms with Gasteiger partial charge in [-0.3, -0.25) is 9.36 Å². The van der Waals surface area contributed by atoms with Crippen LogP contribution in [0.5, 0.6) is 0 Å². The number of carbonyl (C=O) groups is 1. The molecule has 0 bridgehead atoms. The molecule has 4 nitrogen and oxygen atoms in total. The molecule has 1 aliphatic rings. The Morgan fingerprint density at radius 3 is 2.41 bits per heavy atom.